The van der Waals surface area contributed by atoms with Crippen molar-refractivity contribution < 1.29 is 54.1 Å². The standard InChI is InChI=1S/C21H23N3O5S.Na.H/c1-14-17(9-30(25)19-23-15-5-3-4-6-16(15)24-19)22-8-7-18(14)26-10-21-11-27-20(2,28-12-21)29-13-21;;/h3-8H,9-13H2,1-2H3,(H,23,24);;/q;+1;-1. The molecule has 1 N–H and O–H groups in total. The maximum absolute atomic E-state index is 12.9. The minimum absolute atomic E-state index is 0. The summed E-state index contributed by atoms with van der Waals surface area (Å²) in [7, 11) is -1.35. The van der Waals surface area contributed by atoms with Gasteiger partial charge in [0.2, 0.25) is 0 Å². The second-order valence-corrected chi connectivity index (χ2v) is 9.31. The normalized spacial score (nSPS) is 25.9. The first-order chi connectivity index (χ1) is 14.5. The number of ether oxygens (including phenoxy) is 4. The predicted octanol–water partition coefficient (Wildman–Crippen LogP) is -0.193. The molecule has 10 heteroatoms. The molecule has 3 aliphatic heterocycles. The molecule has 3 fully saturated rings. The molecule has 2 bridgehead atoms. The number of para-hydroxylation sites is 2. The third kappa shape index (κ3) is 4.59. The van der Waals surface area contributed by atoms with Crippen molar-refractivity contribution in [1.82, 2.24) is 15.0 Å². The van der Waals surface area contributed by atoms with Gasteiger partial charge in [0.1, 0.15) is 12.4 Å². The third-order valence-electron chi connectivity index (χ3n) is 5.57. The van der Waals surface area contributed by atoms with E-state index in [1.54, 1.807) is 13.1 Å². The quantitative estimate of drug-likeness (QED) is 0.517. The van der Waals surface area contributed by atoms with Gasteiger partial charge in [-0.3, -0.25) is 9.19 Å². The number of benzene rings is 1. The number of hydrogen-bond acceptors (Lipinski definition) is 7. The van der Waals surface area contributed by atoms with Crippen LogP contribution in [0.2, 0.25) is 0 Å². The minimum Gasteiger partial charge on any atom is -1.00 e. The number of H-pyrrole nitrogens is 1. The molecule has 1 aromatic carbocycles. The molecule has 1 atom stereocenters. The zero-order valence-corrected chi connectivity index (χ0v) is 20.7. The van der Waals surface area contributed by atoms with Crippen LogP contribution in [-0.4, -0.2) is 51.6 Å². The maximum Gasteiger partial charge on any atom is 1.00 e. The van der Waals surface area contributed by atoms with Gasteiger partial charge in [0.05, 0.1) is 58.5 Å². The van der Waals surface area contributed by atoms with E-state index in [0.29, 0.717) is 43.0 Å². The smallest absolute Gasteiger partial charge is 1.00 e. The van der Waals surface area contributed by atoms with Crippen molar-refractivity contribution in [3.63, 3.8) is 0 Å². The van der Waals surface area contributed by atoms with E-state index in [-0.39, 0.29) is 42.2 Å². The first-order valence-electron chi connectivity index (χ1n) is 9.78. The van der Waals surface area contributed by atoms with Crippen molar-refractivity contribution in [3.8, 4) is 5.75 Å². The van der Waals surface area contributed by atoms with Crippen molar-refractivity contribution in [2.75, 3.05) is 26.4 Å². The fourth-order valence-electron chi connectivity index (χ4n) is 3.55. The van der Waals surface area contributed by atoms with Crippen LogP contribution in [-0.2, 0) is 30.8 Å². The number of rotatable bonds is 6. The minimum atomic E-state index is -1.35. The molecule has 2 aromatic heterocycles. The summed E-state index contributed by atoms with van der Waals surface area (Å²) in [6.45, 7) is 5.68. The molecule has 6 rings (SSSR count). The van der Waals surface area contributed by atoms with E-state index < -0.39 is 16.8 Å². The van der Waals surface area contributed by atoms with E-state index >= 15 is 0 Å². The number of pyridine rings is 1. The molecule has 1 unspecified atom stereocenters. The van der Waals surface area contributed by atoms with Gasteiger partial charge in [0, 0.05) is 18.7 Å². The number of aromatic nitrogens is 3. The molecular weight excluding hydrogens is 429 g/mol. The van der Waals surface area contributed by atoms with Gasteiger partial charge in [-0.15, -0.1) is 0 Å². The van der Waals surface area contributed by atoms with Crippen LogP contribution in [0.4, 0.5) is 0 Å². The van der Waals surface area contributed by atoms with Crippen LogP contribution >= 0.6 is 0 Å². The summed E-state index contributed by atoms with van der Waals surface area (Å²) in [4.78, 5) is 12.0. The molecule has 160 valence electrons. The number of fused-ring (bicyclic) bond motifs is 4. The summed E-state index contributed by atoms with van der Waals surface area (Å²) < 4.78 is 35.9. The zero-order chi connectivity index (χ0) is 20.8. The van der Waals surface area contributed by atoms with Gasteiger partial charge >= 0.3 is 29.6 Å². The monoisotopic (exact) mass is 453 g/mol. The fourth-order valence-corrected chi connectivity index (χ4v) is 4.65. The first kappa shape index (κ1) is 22.8. The molecule has 3 aromatic rings. The molecular formula is C21H24N3NaO5S. The van der Waals surface area contributed by atoms with Crippen LogP contribution in [0, 0.1) is 12.3 Å². The summed E-state index contributed by atoms with van der Waals surface area (Å²) in [6, 6.07) is 9.44. The number of imidazole rings is 1. The SMILES string of the molecule is Cc1c(OCC23COC(C)(OC2)OC3)ccnc1CS(=O)c1nc2ccccc2[nH]1.[H-].[Na+]. The summed E-state index contributed by atoms with van der Waals surface area (Å²) in [5, 5.41) is 0.446. The van der Waals surface area contributed by atoms with Crippen LogP contribution in [0.25, 0.3) is 11.0 Å². The van der Waals surface area contributed by atoms with Crippen LogP contribution in [0.5, 0.6) is 5.75 Å². The zero-order valence-electron chi connectivity index (χ0n) is 18.8. The number of nitrogens with one attached hydrogen (secondary N) is 1. The second kappa shape index (κ2) is 8.90. The van der Waals surface area contributed by atoms with Crippen molar-refractivity contribution in [2.45, 2.75) is 30.7 Å². The summed E-state index contributed by atoms with van der Waals surface area (Å²) in [5.74, 6) is 0.0269. The third-order valence-corrected chi connectivity index (χ3v) is 6.73. The molecule has 31 heavy (non-hydrogen) atoms. The van der Waals surface area contributed by atoms with Crippen LogP contribution in [0.3, 0.4) is 0 Å². The van der Waals surface area contributed by atoms with E-state index in [1.165, 1.54) is 0 Å². The summed E-state index contributed by atoms with van der Waals surface area (Å²) >= 11 is 0. The Labute approximate surface area is 206 Å². The second-order valence-electron chi connectivity index (χ2n) is 7.95. The molecule has 0 amide bonds. The van der Waals surface area contributed by atoms with Gasteiger partial charge < -0.3 is 25.4 Å². The van der Waals surface area contributed by atoms with Gasteiger partial charge in [-0.1, -0.05) is 12.1 Å². The van der Waals surface area contributed by atoms with E-state index in [9.17, 15) is 4.21 Å². The van der Waals surface area contributed by atoms with Crippen molar-refractivity contribution in [1.29, 1.82) is 0 Å². The Morgan fingerprint density at radius 1 is 1.19 bits per heavy atom. The topological polar surface area (TPSA) is 95.6 Å². The van der Waals surface area contributed by atoms with E-state index in [4.69, 9.17) is 18.9 Å². The van der Waals surface area contributed by atoms with E-state index in [0.717, 1.165) is 16.6 Å². The van der Waals surface area contributed by atoms with Crippen molar-refractivity contribution in [2.24, 2.45) is 5.41 Å². The predicted molar refractivity (Wildman–Crippen MR) is 110 cm³/mol. The van der Waals surface area contributed by atoms with E-state index in [1.807, 2.05) is 37.3 Å². The number of hydrogen-bond donors (Lipinski definition) is 1. The van der Waals surface area contributed by atoms with Crippen LogP contribution in [0.1, 0.15) is 19.6 Å². The molecule has 3 aliphatic rings. The Morgan fingerprint density at radius 2 is 1.90 bits per heavy atom. The summed E-state index contributed by atoms with van der Waals surface area (Å²) in [6.07, 6.45) is 1.67. The average molecular weight is 453 g/mol. The largest absolute Gasteiger partial charge is 1.00 e. The van der Waals surface area contributed by atoms with Gasteiger partial charge in [-0.05, 0) is 25.1 Å². The Bertz CT molecular complexity index is 1070. The summed E-state index contributed by atoms with van der Waals surface area (Å²) in [5.41, 5.74) is 2.91. The van der Waals surface area contributed by atoms with Gasteiger partial charge in [0.25, 0.3) is 5.97 Å². The van der Waals surface area contributed by atoms with Crippen molar-refractivity contribution >= 4 is 21.8 Å². The van der Waals surface area contributed by atoms with Gasteiger partial charge in [-0.25, -0.2) is 4.98 Å². The Hall–Kier alpha value is -1.33. The molecule has 0 spiro atoms. The number of aromatic amines is 1. The molecule has 3 saturated heterocycles. The molecule has 8 nitrogen and oxygen atoms in total. The van der Waals surface area contributed by atoms with E-state index in [2.05, 4.69) is 15.0 Å². The average Bonchev–Trinajstić information content (AvgIpc) is 3.20. The number of nitrogens with zero attached hydrogens (tertiary/aromatic N) is 2. The van der Waals surface area contributed by atoms with Crippen LogP contribution in [0.15, 0.2) is 41.7 Å². The molecule has 0 aliphatic carbocycles. The van der Waals surface area contributed by atoms with Gasteiger partial charge in [-0.2, -0.15) is 0 Å². The van der Waals surface area contributed by atoms with Crippen LogP contribution < -0.4 is 34.3 Å². The Kier molecular flexibility index (Phi) is 6.56. The molecule has 0 radical (unpaired) electrons. The first-order valence-corrected chi connectivity index (χ1v) is 11.1. The van der Waals surface area contributed by atoms with Gasteiger partial charge in [0.15, 0.2) is 5.16 Å². The molecule has 0 saturated carbocycles. The fraction of sp³-hybridized carbons (Fsp3) is 0.429. The molecule has 5 heterocycles. The van der Waals surface area contributed by atoms with Crippen molar-refractivity contribution in [3.05, 3.63) is 47.8 Å². The maximum atomic E-state index is 12.9. The Morgan fingerprint density at radius 3 is 2.61 bits per heavy atom. The Balaban J connectivity index is 0.00000144.